The average molecular weight is 197 g/mol. The highest BCUT2D eigenvalue weighted by atomic mass is 32.1. The fourth-order valence-corrected chi connectivity index (χ4v) is 1.94. The maximum atomic E-state index is 10.4. The third-order valence-corrected chi connectivity index (χ3v) is 2.68. The first-order valence-corrected chi connectivity index (χ1v) is 4.90. The van der Waals surface area contributed by atoms with Crippen molar-refractivity contribution >= 4 is 11.3 Å². The minimum atomic E-state index is -0.273. The van der Waals surface area contributed by atoms with Crippen LogP contribution in [0.15, 0.2) is 29.7 Å². The standard InChI is InChI=1S/C9H11NO2S/c1-2-4-8(7-10(11)12)9-5-3-6-13-9/h2-6,8H,7H2,1H3/b4-2+. The summed E-state index contributed by atoms with van der Waals surface area (Å²) >= 11 is 1.56. The molecule has 0 aliphatic carbocycles. The predicted molar refractivity (Wildman–Crippen MR) is 53.7 cm³/mol. The van der Waals surface area contributed by atoms with E-state index in [2.05, 4.69) is 0 Å². The minimum absolute atomic E-state index is 0.0230. The summed E-state index contributed by atoms with van der Waals surface area (Å²) in [6, 6.07) is 3.84. The van der Waals surface area contributed by atoms with Crippen LogP contribution in [-0.2, 0) is 0 Å². The number of nitro groups is 1. The molecule has 0 bridgehead atoms. The van der Waals surface area contributed by atoms with Crippen molar-refractivity contribution in [2.24, 2.45) is 0 Å². The van der Waals surface area contributed by atoms with E-state index in [4.69, 9.17) is 0 Å². The lowest BCUT2D eigenvalue weighted by molar-refractivity contribution is -0.481. The van der Waals surface area contributed by atoms with Gasteiger partial charge in [0.1, 0.15) is 0 Å². The van der Waals surface area contributed by atoms with Crippen molar-refractivity contribution in [3.63, 3.8) is 0 Å². The van der Waals surface area contributed by atoms with Gasteiger partial charge in [0.05, 0.1) is 5.92 Å². The Morgan fingerprint density at radius 2 is 2.54 bits per heavy atom. The van der Waals surface area contributed by atoms with Gasteiger partial charge in [0.15, 0.2) is 0 Å². The van der Waals surface area contributed by atoms with Crippen molar-refractivity contribution in [1.29, 1.82) is 0 Å². The zero-order chi connectivity index (χ0) is 9.68. The maximum Gasteiger partial charge on any atom is 0.214 e. The molecule has 1 atom stereocenters. The number of hydrogen-bond donors (Lipinski definition) is 0. The minimum Gasteiger partial charge on any atom is -0.265 e. The van der Waals surface area contributed by atoms with Gasteiger partial charge >= 0.3 is 0 Å². The van der Waals surface area contributed by atoms with Crippen LogP contribution in [0.25, 0.3) is 0 Å². The Labute approximate surface area is 80.9 Å². The van der Waals surface area contributed by atoms with Gasteiger partial charge in [0.25, 0.3) is 0 Å². The molecule has 0 aliphatic rings. The Morgan fingerprint density at radius 3 is 3.00 bits per heavy atom. The van der Waals surface area contributed by atoms with Crippen molar-refractivity contribution in [3.05, 3.63) is 44.7 Å². The molecule has 1 aromatic rings. The van der Waals surface area contributed by atoms with Gasteiger partial charge in [-0.3, -0.25) is 10.1 Å². The Morgan fingerprint density at radius 1 is 1.77 bits per heavy atom. The zero-order valence-electron chi connectivity index (χ0n) is 7.34. The molecule has 0 saturated carbocycles. The van der Waals surface area contributed by atoms with Crippen LogP contribution in [-0.4, -0.2) is 11.5 Å². The second kappa shape index (κ2) is 4.77. The molecule has 4 heteroatoms. The Balaban J connectivity index is 2.74. The molecule has 0 amide bonds. The van der Waals surface area contributed by atoms with Crippen molar-refractivity contribution in [1.82, 2.24) is 0 Å². The molecule has 1 aromatic heterocycles. The maximum absolute atomic E-state index is 10.4. The molecule has 0 fully saturated rings. The summed E-state index contributed by atoms with van der Waals surface area (Å²) in [5.41, 5.74) is 0. The van der Waals surface area contributed by atoms with Crippen LogP contribution in [0.2, 0.25) is 0 Å². The van der Waals surface area contributed by atoms with E-state index in [-0.39, 0.29) is 17.4 Å². The molecule has 0 saturated heterocycles. The lowest BCUT2D eigenvalue weighted by atomic mass is 10.1. The van der Waals surface area contributed by atoms with E-state index < -0.39 is 0 Å². The Hall–Kier alpha value is -1.16. The molecular formula is C9H11NO2S. The van der Waals surface area contributed by atoms with Crippen molar-refractivity contribution in [2.45, 2.75) is 12.8 Å². The lowest BCUT2D eigenvalue weighted by Gasteiger charge is -2.03. The molecule has 0 N–H and O–H groups in total. The molecule has 1 heterocycles. The van der Waals surface area contributed by atoms with Crippen molar-refractivity contribution in [2.75, 3.05) is 6.54 Å². The first kappa shape index (κ1) is 9.92. The van der Waals surface area contributed by atoms with Gasteiger partial charge in [0.2, 0.25) is 6.54 Å². The summed E-state index contributed by atoms with van der Waals surface area (Å²) in [5.74, 6) is -0.0694. The summed E-state index contributed by atoms with van der Waals surface area (Å²) in [6.07, 6.45) is 3.72. The van der Waals surface area contributed by atoms with E-state index in [1.165, 1.54) is 0 Å². The normalized spacial score (nSPS) is 13.3. The van der Waals surface area contributed by atoms with Crippen LogP contribution >= 0.6 is 11.3 Å². The highest BCUT2D eigenvalue weighted by Gasteiger charge is 2.14. The smallest absolute Gasteiger partial charge is 0.214 e. The van der Waals surface area contributed by atoms with Crippen molar-refractivity contribution < 1.29 is 4.92 Å². The number of nitrogens with zero attached hydrogens (tertiary/aromatic N) is 1. The fraction of sp³-hybridized carbons (Fsp3) is 0.333. The predicted octanol–water partition coefficient (Wildman–Crippen LogP) is 2.68. The van der Waals surface area contributed by atoms with Gasteiger partial charge in [0, 0.05) is 9.80 Å². The van der Waals surface area contributed by atoms with E-state index in [1.54, 1.807) is 11.3 Å². The Bertz CT molecular complexity index is 293. The number of hydrogen-bond acceptors (Lipinski definition) is 3. The van der Waals surface area contributed by atoms with Gasteiger partial charge < -0.3 is 0 Å². The summed E-state index contributed by atoms with van der Waals surface area (Å²) in [6.45, 7) is 1.85. The third-order valence-electron chi connectivity index (χ3n) is 1.68. The first-order valence-electron chi connectivity index (χ1n) is 4.02. The average Bonchev–Trinajstić information content (AvgIpc) is 2.54. The molecule has 0 aromatic carbocycles. The SMILES string of the molecule is C/C=C/C(C[N+](=O)[O-])c1cccs1. The van der Waals surface area contributed by atoms with Gasteiger partial charge in [-0.05, 0) is 18.4 Å². The largest absolute Gasteiger partial charge is 0.265 e. The van der Waals surface area contributed by atoms with Gasteiger partial charge in [-0.15, -0.1) is 11.3 Å². The van der Waals surface area contributed by atoms with Crippen LogP contribution in [0.4, 0.5) is 0 Å². The molecule has 13 heavy (non-hydrogen) atoms. The van der Waals surface area contributed by atoms with Crippen molar-refractivity contribution in [3.8, 4) is 0 Å². The van der Waals surface area contributed by atoms with E-state index in [0.29, 0.717) is 0 Å². The summed E-state index contributed by atoms with van der Waals surface area (Å²) < 4.78 is 0. The quantitative estimate of drug-likeness (QED) is 0.423. The number of allylic oxidation sites excluding steroid dienone is 1. The molecule has 0 spiro atoms. The van der Waals surface area contributed by atoms with Crippen LogP contribution < -0.4 is 0 Å². The molecule has 0 aliphatic heterocycles. The van der Waals surface area contributed by atoms with E-state index >= 15 is 0 Å². The van der Waals surface area contributed by atoms with Gasteiger partial charge in [-0.1, -0.05) is 18.2 Å². The fourth-order valence-electron chi connectivity index (χ4n) is 1.14. The number of thiophene rings is 1. The van der Waals surface area contributed by atoms with Crippen LogP contribution in [0.5, 0.6) is 0 Å². The Kier molecular flexibility index (Phi) is 3.64. The summed E-state index contributed by atoms with van der Waals surface area (Å²) in [7, 11) is 0. The topological polar surface area (TPSA) is 43.1 Å². The molecule has 1 unspecified atom stereocenters. The van der Waals surface area contributed by atoms with Crippen LogP contribution in [0.1, 0.15) is 17.7 Å². The molecule has 70 valence electrons. The third kappa shape index (κ3) is 2.99. The van der Waals surface area contributed by atoms with E-state index in [0.717, 1.165) is 4.88 Å². The summed E-state index contributed by atoms with van der Waals surface area (Å²) in [5, 5.41) is 12.3. The highest BCUT2D eigenvalue weighted by Crippen LogP contribution is 2.22. The second-order valence-corrected chi connectivity index (χ2v) is 3.64. The number of rotatable bonds is 4. The zero-order valence-corrected chi connectivity index (χ0v) is 8.16. The summed E-state index contributed by atoms with van der Waals surface area (Å²) in [4.78, 5) is 11.1. The molecule has 1 rings (SSSR count). The second-order valence-electron chi connectivity index (χ2n) is 2.66. The monoisotopic (exact) mass is 197 g/mol. The van der Waals surface area contributed by atoms with Gasteiger partial charge in [-0.25, -0.2) is 0 Å². The first-order chi connectivity index (χ1) is 6.24. The lowest BCUT2D eigenvalue weighted by Crippen LogP contribution is -2.09. The van der Waals surface area contributed by atoms with Gasteiger partial charge in [-0.2, -0.15) is 0 Å². The highest BCUT2D eigenvalue weighted by molar-refractivity contribution is 7.10. The van der Waals surface area contributed by atoms with E-state index in [9.17, 15) is 10.1 Å². The van der Waals surface area contributed by atoms with Crippen LogP contribution in [0.3, 0.4) is 0 Å². The molecular weight excluding hydrogens is 186 g/mol. The van der Waals surface area contributed by atoms with E-state index in [1.807, 2.05) is 36.6 Å². The molecule has 3 nitrogen and oxygen atoms in total. The van der Waals surface area contributed by atoms with Crippen LogP contribution in [0, 0.1) is 10.1 Å². The molecule has 0 radical (unpaired) electrons.